The molecule has 0 spiro atoms. The fourth-order valence-electron chi connectivity index (χ4n) is 6.33. The van der Waals surface area contributed by atoms with Crippen LogP contribution >= 0.6 is 21.6 Å². The number of aliphatic hydroxyl groups is 1. The SMILES string of the molecule is CC(O)C1NC(=O)C2CCCN2C(=O)[C@@H]2CCCN2C(=O)CCSSCCNC(=O)[C@H](Cc2ccccc2)NC(=O)[C@H](CCC(=O)O)NC1=O. The Hall–Kier alpha value is -3.83. The summed E-state index contributed by atoms with van der Waals surface area (Å²) in [5, 5.41) is 30.4. The maximum atomic E-state index is 13.7. The number of rotatable bonds is 6. The molecule has 0 bridgehead atoms. The predicted molar refractivity (Wildman–Crippen MR) is 187 cm³/mol. The number of carboxylic acid groups (broad SMARTS) is 1. The molecule has 0 aliphatic carbocycles. The second-order valence-corrected chi connectivity index (χ2v) is 15.3. The van der Waals surface area contributed by atoms with Crippen LogP contribution in [0.25, 0.3) is 0 Å². The number of carboxylic acids is 1. The summed E-state index contributed by atoms with van der Waals surface area (Å²) in [5.41, 5.74) is 0.752. The third-order valence-electron chi connectivity index (χ3n) is 8.92. The topological polar surface area (TPSA) is 215 Å². The number of fused-ring (bicyclic) bond motifs is 2. The smallest absolute Gasteiger partial charge is 0.303 e. The third kappa shape index (κ3) is 10.8. The van der Waals surface area contributed by atoms with Crippen LogP contribution in [0.3, 0.4) is 0 Å². The van der Waals surface area contributed by atoms with Gasteiger partial charge in [-0.3, -0.25) is 33.6 Å². The minimum absolute atomic E-state index is 0.114. The molecule has 50 heavy (non-hydrogen) atoms. The van der Waals surface area contributed by atoms with E-state index in [1.54, 1.807) is 29.2 Å². The summed E-state index contributed by atoms with van der Waals surface area (Å²) in [5.74, 6) is -3.61. The van der Waals surface area contributed by atoms with E-state index in [4.69, 9.17) is 0 Å². The van der Waals surface area contributed by atoms with Crippen molar-refractivity contribution in [3.63, 3.8) is 0 Å². The van der Waals surface area contributed by atoms with Crippen LogP contribution in [-0.2, 0) is 40.0 Å². The molecule has 6 N–H and O–H groups in total. The molecule has 274 valence electrons. The van der Waals surface area contributed by atoms with Gasteiger partial charge in [-0.25, -0.2) is 0 Å². The van der Waals surface area contributed by atoms with Crippen LogP contribution in [0.2, 0.25) is 0 Å². The van der Waals surface area contributed by atoms with E-state index in [9.17, 15) is 43.8 Å². The molecule has 6 amide bonds. The second kappa shape index (κ2) is 19.0. The van der Waals surface area contributed by atoms with E-state index < -0.39 is 72.3 Å². The Balaban J connectivity index is 1.59. The van der Waals surface area contributed by atoms with E-state index in [1.165, 1.54) is 33.4 Å². The van der Waals surface area contributed by atoms with Crippen LogP contribution < -0.4 is 21.3 Å². The molecule has 0 radical (unpaired) electrons. The second-order valence-electron chi connectivity index (χ2n) is 12.6. The van der Waals surface area contributed by atoms with Crippen molar-refractivity contribution in [1.29, 1.82) is 0 Å². The molecule has 3 aliphatic rings. The molecule has 0 saturated carbocycles. The maximum absolute atomic E-state index is 13.7. The van der Waals surface area contributed by atoms with Crippen LogP contribution in [0.5, 0.6) is 0 Å². The molecule has 3 aliphatic heterocycles. The fraction of sp³-hybridized carbons (Fsp3) is 0.606. The fourth-order valence-corrected chi connectivity index (χ4v) is 8.22. The van der Waals surface area contributed by atoms with E-state index in [-0.39, 0.29) is 37.6 Å². The summed E-state index contributed by atoms with van der Waals surface area (Å²) in [6, 6.07) is 3.29. The first-order chi connectivity index (χ1) is 24.0. The van der Waals surface area contributed by atoms with Crippen LogP contribution in [0.15, 0.2) is 30.3 Å². The maximum Gasteiger partial charge on any atom is 0.303 e. The molecular weight excluding hydrogens is 689 g/mol. The summed E-state index contributed by atoms with van der Waals surface area (Å²) in [4.78, 5) is 95.4. The van der Waals surface area contributed by atoms with E-state index in [0.717, 1.165) is 5.56 Å². The highest BCUT2D eigenvalue weighted by Crippen LogP contribution is 2.27. The number of hydrogen-bond donors (Lipinski definition) is 6. The number of carbonyl (C=O) groups excluding carboxylic acids is 6. The average Bonchev–Trinajstić information content (AvgIpc) is 3.78. The van der Waals surface area contributed by atoms with Crippen molar-refractivity contribution in [3.05, 3.63) is 35.9 Å². The van der Waals surface area contributed by atoms with Gasteiger partial charge in [-0.1, -0.05) is 51.9 Å². The number of nitrogens with zero attached hydrogens (tertiary/aromatic N) is 2. The number of carbonyl (C=O) groups is 7. The first-order valence-corrected chi connectivity index (χ1v) is 19.4. The van der Waals surface area contributed by atoms with Crippen molar-refractivity contribution in [3.8, 4) is 0 Å². The molecule has 0 aromatic heterocycles. The molecule has 1 aromatic rings. The van der Waals surface area contributed by atoms with Gasteiger partial charge in [-0.15, -0.1) is 0 Å². The number of aliphatic hydroxyl groups excluding tert-OH is 1. The molecular formula is C33H46N6O9S2. The van der Waals surface area contributed by atoms with Crippen molar-refractivity contribution in [2.75, 3.05) is 31.1 Å². The molecule has 4 rings (SSSR count). The van der Waals surface area contributed by atoms with Gasteiger partial charge in [0.05, 0.1) is 6.10 Å². The number of amides is 6. The highest BCUT2D eigenvalue weighted by molar-refractivity contribution is 8.76. The van der Waals surface area contributed by atoms with Gasteiger partial charge in [0.2, 0.25) is 35.4 Å². The van der Waals surface area contributed by atoms with Crippen LogP contribution in [0.4, 0.5) is 0 Å². The van der Waals surface area contributed by atoms with E-state index >= 15 is 0 Å². The highest BCUT2D eigenvalue weighted by atomic mass is 33.1. The van der Waals surface area contributed by atoms with Crippen LogP contribution in [0, 0.1) is 0 Å². The van der Waals surface area contributed by atoms with Crippen LogP contribution in [0.1, 0.15) is 57.4 Å². The van der Waals surface area contributed by atoms with E-state index in [2.05, 4.69) is 21.3 Å². The molecule has 3 unspecified atom stereocenters. The molecule has 1 aromatic carbocycles. The molecule has 6 atom stereocenters. The van der Waals surface area contributed by atoms with Gasteiger partial charge < -0.3 is 41.3 Å². The average molecular weight is 735 g/mol. The molecule has 3 saturated heterocycles. The molecule has 3 fully saturated rings. The van der Waals surface area contributed by atoms with Gasteiger partial charge in [0.15, 0.2) is 0 Å². The minimum Gasteiger partial charge on any atom is -0.481 e. The molecule has 15 nitrogen and oxygen atoms in total. The Kier molecular flexibility index (Phi) is 14.8. The lowest BCUT2D eigenvalue weighted by Crippen LogP contribution is -2.61. The van der Waals surface area contributed by atoms with Crippen molar-refractivity contribution in [2.45, 2.75) is 94.6 Å². The summed E-state index contributed by atoms with van der Waals surface area (Å²) in [6.45, 7) is 2.27. The van der Waals surface area contributed by atoms with Gasteiger partial charge in [0.1, 0.15) is 30.2 Å². The molecule has 17 heteroatoms. The summed E-state index contributed by atoms with van der Waals surface area (Å²) in [7, 11) is 2.94. The van der Waals surface area contributed by atoms with E-state index in [0.29, 0.717) is 50.3 Å². The first-order valence-electron chi connectivity index (χ1n) is 16.9. The Bertz CT molecular complexity index is 1400. The largest absolute Gasteiger partial charge is 0.481 e. The van der Waals surface area contributed by atoms with Crippen molar-refractivity contribution < 1.29 is 43.8 Å². The zero-order valence-corrected chi connectivity index (χ0v) is 29.6. The summed E-state index contributed by atoms with van der Waals surface area (Å²) < 4.78 is 0. The highest BCUT2D eigenvalue weighted by Gasteiger charge is 2.43. The Morgan fingerprint density at radius 1 is 0.840 bits per heavy atom. The van der Waals surface area contributed by atoms with Gasteiger partial charge in [-0.05, 0) is 44.6 Å². The lowest BCUT2D eigenvalue weighted by molar-refractivity contribution is -0.147. The minimum atomic E-state index is -1.55. The summed E-state index contributed by atoms with van der Waals surface area (Å²) in [6.07, 6.45) is 0.0448. The van der Waals surface area contributed by atoms with Gasteiger partial charge in [-0.2, -0.15) is 0 Å². The van der Waals surface area contributed by atoms with Gasteiger partial charge >= 0.3 is 5.97 Å². The van der Waals surface area contributed by atoms with Crippen molar-refractivity contribution in [2.24, 2.45) is 0 Å². The zero-order valence-electron chi connectivity index (χ0n) is 28.0. The Labute approximate surface area is 298 Å². The zero-order chi connectivity index (χ0) is 36.2. The van der Waals surface area contributed by atoms with Crippen LogP contribution in [-0.4, -0.2) is 129 Å². The monoisotopic (exact) mass is 734 g/mol. The number of hydrogen-bond acceptors (Lipinski definition) is 10. The Morgan fingerprint density at radius 3 is 2.20 bits per heavy atom. The number of nitrogens with one attached hydrogen (secondary N) is 4. The predicted octanol–water partition coefficient (Wildman–Crippen LogP) is -0.188. The lowest BCUT2D eigenvalue weighted by atomic mass is 10.0. The third-order valence-corrected chi connectivity index (χ3v) is 11.3. The summed E-state index contributed by atoms with van der Waals surface area (Å²) >= 11 is 0. The van der Waals surface area contributed by atoms with Crippen molar-refractivity contribution >= 4 is 63.0 Å². The number of aliphatic carboxylic acids is 1. The molecule has 3 heterocycles. The van der Waals surface area contributed by atoms with E-state index in [1.807, 2.05) is 6.07 Å². The quantitative estimate of drug-likeness (QED) is 0.211. The lowest BCUT2D eigenvalue weighted by Gasteiger charge is -2.32. The number of benzene rings is 1. The normalized spacial score (nSPS) is 27.4. The van der Waals surface area contributed by atoms with Crippen molar-refractivity contribution in [1.82, 2.24) is 31.1 Å². The Morgan fingerprint density at radius 2 is 1.50 bits per heavy atom. The van der Waals surface area contributed by atoms with Gasteiger partial charge in [0, 0.05) is 50.4 Å². The van der Waals surface area contributed by atoms with Gasteiger partial charge in [0.25, 0.3) is 0 Å². The standard InChI is InChI=1S/C33H46N6O9S2/c1-20(40)28-32(47)35-22(11-12-27(42)43)30(45)36-23(19-21-7-3-2-4-8-21)29(44)34-14-18-50-49-17-13-26(41)38-15-6-10-25(38)33(48)39-16-5-9-24(39)31(46)37-28/h2-4,7-8,20,22-25,28,40H,5-6,9-19H2,1H3,(H,34,44)(H,35,47)(H,36,45)(H,37,46)(H,42,43)/t20?,22-,23-,24?,25-,28?/m0/s1. The first kappa shape index (κ1) is 39.0.